The van der Waals surface area contributed by atoms with Crippen LogP contribution >= 0.6 is 0 Å². The highest BCUT2D eigenvalue weighted by Gasteiger charge is 2.04. The Labute approximate surface area is 106 Å². The first-order chi connectivity index (χ1) is 8.31. The number of hydrogen-bond donors (Lipinski definition) is 1. The van der Waals surface area contributed by atoms with Crippen LogP contribution in [0.1, 0.15) is 39.2 Å². The number of anilines is 1. The minimum Gasteiger partial charge on any atom is -0.372 e. The smallest absolute Gasteiger partial charge is 0.0369 e. The van der Waals surface area contributed by atoms with E-state index in [2.05, 4.69) is 55.3 Å². The van der Waals surface area contributed by atoms with Crippen LogP contribution in [-0.4, -0.2) is 19.6 Å². The molecule has 2 heteroatoms. The largest absolute Gasteiger partial charge is 0.372 e. The van der Waals surface area contributed by atoms with Gasteiger partial charge in [-0.1, -0.05) is 32.9 Å². The van der Waals surface area contributed by atoms with Crippen LogP contribution < -0.4 is 10.2 Å². The van der Waals surface area contributed by atoms with Gasteiger partial charge in [0.05, 0.1) is 0 Å². The maximum absolute atomic E-state index is 3.38. The molecule has 0 atom stereocenters. The van der Waals surface area contributed by atoms with Gasteiger partial charge in [-0.3, -0.25) is 0 Å². The van der Waals surface area contributed by atoms with Crippen molar-refractivity contribution in [1.82, 2.24) is 5.32 Å². The Bertz CT molecular complexity index is 304. The average Bonchev–Trinajstić information content (AvgIpc) is 2.36. The maximum atomic E-state index is 3.38. The molecular weight excluding hydrogens is 208 g/mol. The normalized spacial score (nSPS) is 10.5. The van der Waals surface area contributed by atoms with Gasteiger partial charge in [0.15, 0.2) is 0 Å². The fraction of sp³-hybridized carbons (Fsp3) is 0.600. The van der Waals surface area contributed by atoms with E-state index >= 15 is 0 Å². The first-order valence-corrected chi connectivity index (χ1v) is 6.86. The van der Waals surface area contributed by atoms with Gasteiger partial charge in [0.25, 0.3) is 0 Å². The van der Waals surface area contributed by atoms with Gasteiger partial charge >= 0.3 is 0 Å². The second-order valence-corrected chi connectivity index (χ2v) is 4.44. The minimum atomic E-state index is 0.969. The SMILES string of the molecule is CCCN(CCC)c1cccc(CNCC)c1. The third-order valence-corrected chi connectivity index (χ3v) is 2.84. The van der Waals surface area contributed by atoms with E-state index in [1.165, 1.54) is 24.1 Å². The molecule has 0 radical (unpaired) electrons. The van der Waals surface area contributed by atoms with E-state index in [0.717, 1.165) is 26.2 Å². The average molecular weight is 234 g/mol. The molecule has 0 fully saturated rings. The summed E-state index contributed by atoms with van der Waals surface area (Å²) in [4.78, 5) is 2.48. The minimum absolute atomic E-state index is 0.969. The van der Waals surface area contributed by atoms with Crippen molar-refractivity contribution in [2.75, 3.05) is 24.5 Å². The van der Waals surface area contributed by atoms with Gasteiger partial charge < -0.3 is 10.2 Å². The van der Waals surface area contributed by atoms with E-state index in [-0.39, 0.29) is 0 Å². The summed E-state index contributed by atoms with van der Waals surface area (Å²) in [5.74, 6) is 0. The van der Waals surface area contributed by atoms with E-state index in [0.29, 0.717) is 0 Å². The van der Waals surface area contributed by atoms with Crippen LogP contribution in [0.5, 0.6) is 0 Å². The molecule has 2 nitrogen and oxygen atoms in total. The molecular formula is C15H26N2. The Morgan fingerprint density at radius 2 is 1.76 bits per heavy atom. The fourth-order valence-corrected chi connectivity index (χ4v) is 2.04. The highest BCUT2D eigenvalue weighted by molar-refractivity contribution is 5.48. The molecule has 0 amide bonds. The number of hydrogen-bond acceptors (Lipinski definition) is 2. The molecule has 0 spiro atoms. The Morgan fingerprint density at radius 1 is 1.06 bits per heavy atom. The monoisotopic (exact) mass is 234 g/mol. The highest BCUT2D eigenvalue weighted by Crippen LogP contribution is 2.17. The van der Waals surface area contributed by atoms with Gasteiger partial charge in [0.1, 0.15) is 0 Å². The molecule has 1 aromatic carbocycles. The van der Waals surface area contributed by atoms with E-state index in [4.69, 9.17) is 0 Å². The van der Waals surface area contributed by atoms with Crippen molar-refractivity contribution < 1.29 is 0 Å². The molecule has 0 aromatic heterocycles. The molecule has 0 unspecified atom stereocenters. The quantitative estimate of drug-likeness (QED) is 0.741. The Balaban J connectivity index is 2.72. The zero-order chi connectivity index (χ0) is 12.5. The zero-order valence-electron chi connectivity index (χ0n) is 11.5. The lowest BCUT2D eigenvalue weighted by atomic mass is 10.1. The summed E-state index contributed by atoms with van der Waals surface area (Å²) >= 11 is 0. The lowest BCUT2D eigenvalue weighted by molar-refractivity contribution is 0.722. The molecule has 1 rings (SSSR count). The van der Waals surface area contributed by atoms with Gasteiger partial charge in [-0.2, -0.15) is 0 Å². The molecule has 0 saturated carbocycles. The molecule has 0 aliphatic carbocycles. The molecule has 17 heavy (non-hydrogen) atoms. The van der Waals surface area contributed by atoms with Crippen molar-refractivity contribution >= 4 is 5.69 Å². The van der Waals surface area contributed by atoms with Crippen molar-refractivity contribution in [1.29, 1.82) is 0 Å². The fourth-order valence-electron chi connectivity index (χ4n) is 2.04. The van der Waals surface area contributed by atoms with Crippen molar-refractivity contribution in [3.8, 4) is 0 Å². The van der Waals surface area contributed by atoms with Crippen molar-refractivity contribution in [3.63, 3.8) is 0 Å². The van der Waals surface area contributed by atoms with Crippen LogP contribution in [0, 0.1) is 0 Å². The molecule has 0 bridgehead atoms. The van der Waals surface area contributed by atoms with Crippen LogP contribution in [0.2, 0.25) is 0 Å². The van der Waals surface area contributed by atoms with E-state index in [1.54, 1.807) is 0 Å². The first-order valence-electron chi connectivity index (χ1n) is 6.86. The van der Waals surface area contributed by atoms with Crippen LogP contribution in [0.4, 0.5) is 5.69 Å². The predicted molar refractivity (Wildman–Crippen MR) is 76.6 cm³/mol. The number of benzene rings is 1. The summed E-state index contributed by atoms with van der Waals surface area (Å²) in [5, 5.41) is 3.38. The third-order valence-electron chi connectivity index (χ3n) is 2.84. The van der Waals surface area contributed by atoms with Crippen LogP contribution in [0.15, 0.2) is 24.3 Å². The van der Waals surface area contributed by atoms with E-state index < -0.39 is 0 Å². The number of nitrogens with one attached hydrogen (secondary N) is 1. The Morgan fingerprint density at radius 3 is 2.35 bits per heavy atom. The van der Waals surface area contributed by atoms with Gasteiger partial charge in [-0.05, 0) is 37.1 Å². The lowest BCUT2D eigenvalue weighted by Crippen LogP contribution is -2.25. The van der Waals surface area contributed by atoms with Crippen LogP contribution in [0.25, 0.3) is 0 Å². The van der Waals surface area contributed by atoms with Crippen LogP contribution in [0.3, 0.4) is 0 Å². The Hall–Kier alpha value is -1.02. The standard InChI is InChI=1S/C15H26N2/c1-4-10-17(11-5-2)15-9-7-8-14(12-15)13-16-6-3/h7-9,12,16H,4-6,10-11,13H2,1-3H3. The topological polar surface area (TPSA) is 15.3 Å². The Kier molecular flexibility index (Phi) is 6.71. The third kappa shape index (κ3) is 4.78. The van der Waals surface area contributed by atoms with Crippen LogP contribution in [-0.2, 0) is 6.54 Å². The van der Waals surface area contributed by atoms with Gasteiger partial charge in [0.2, 0.25) is 0 Å². The number of nitrogens with zero attached hydrogens (tertiary/aromatic N) is 1. The van der Waals surface area contributed by atoms with Gasteiger partial charge in [0, 0.05) is 25.3 Å². The lowest BCUT2D eigenvalue weighted by Gasteiger charge is -2.24. The second kappa shape index (κ2) is 8.13. The van der Waals surface area contributed by atoms with Gasteiger partial charge in [-0.15, -0.1) is 0 Å². The summed E-state index contributed by atoms with van der Waals surface area (Å²) in [6.07, 6.45) is 2.41. The molecule has 0 aliphatic rings. The van der Waals surface area contributed by atoms with Crippen molar-refractivity contribution in [2.45, 2.75) is 40.2 Å². The van der Waals surface area contributed by atoms with E-state index in [1.807, 2.05) is 0 Å². The molecule has 96 valence electrons. The second-order valence-electron chi connectivity index (χ2n) is 4.44. The van der Waals surface area contributed by atoms with Gasteiger partial charge in [-0.25, -0.2) is 0 Å². The highest BCUT2D eigenvalue weighted by atomic mass is 15.1. The van der Waals surface area contributed by atoms with Crippen molar-refractivity contribution in [2.24, 2.45) is 0 Å². The molecule has 1 aromatic rings. The molecule has 1 N–H and O–H groups in total. The molecule has 0 aliphatic heterocycles. The summed E-state index contributed by atoms with van der Waals surface area (Å²) in [6.45, 7) is 10.9. The first kappa shape index (κ1) is 14.0. The maximum Gasteiger partial charge on any atom is 0.0369 e. The summed E-state index contributed by atoms with van der Waals surface area (Å²) in [7, 11) is 0. The summed E-state index contributed by atoms with van der Waals surface area (Å²) in [5.41, 5.74) is 2.74. The molecule has 0 saturated heterocycles. The number of rotatable bonds is 8. The molecule has 0 heterocycles. The van der Waals surface area contributed by atoms with E-state index in [9.17, 15) is 0 Å². The predicted octanol–water partition coefficient (Wildman–Crippen LogP) is 3.42. The zero-order valence-corrected chi connectivity index (χ0v) is 11.5. The summed E-state index contributed by atoms with van der Waals surface area (Å²) in [6, 6.07) is 8.90. The van der Waals surface area contributed by atoms with Crippen molar-refractivity contribution in [3.05, 3.63) is 29.8 Å². The summed E-state index contributed by atoms with van der Waals surface area (Å²) < 4.78 is 0.